The van der Waals surface area contributed by atoms with Crippen LogP contribution in [0, 0.1) is 11.8 Å². The number of hydrogen-bond donors (Lipinski definition) is 3. The van der Waals surface area contributed by atoms with Crippen molar-refractivity contribution in [3.05, 3.63) is 0 Å². The van der Waals surface area contributed by atoms with Crippen LogP contribution in [0.5, 0.6) is 0 Å². The predicted molar refractivity (Wildman–Crippen MR) is 81.7 cm³/mol. The molecule has 0 aliphatic heterocycles. The van der Waals surface area contributed by atoms with Gasteiger partial charge in [-0.2, -0.15) is 0 Å². The fraction of sp³-hybridized carbons (Fsp3) is 0.933. The minimum Gasteiger partial charge on any atom is -0.388 e. The van der Waals surface area contributed by atoms with Gasteiger partial charge in [0.05, 0.1) is 11.7 Å². The highest BCUT2D eigenvalue weighted by Crippen LogP contribution is 2.15. The summed E-state index contributed by atoms with van der Waals surface area (Å²) in [6.07, 6.45) is 1.62. The SMILES string of the molecule is COC(CNC(=O)NCC(C)(O)CCC(C)C)C(C)C. The van der Waals surface area contributed by atoms with Crippen molar-refractivity contribution in [3.63, 3.8) is 0 Å². The molecule has 2 atom stereocenters. The lowest BCUT2D eigenvalue weighted by Crippen LogP contribution is -2.47. The highest BCUT2D eigenvalue weighted by molar-refractivity contribution is 5.73. The van der Waals surface area contributed by atoms with Gasteiger partial charge >= 0.3 is 6.03 Å². The van der Waals surface area contributed by atoms with Crippen molar-refractivity contribution in [2.24, 2.45) is 11.8 Å². The average molecular weight is 288 g/mol. The second kappa shape index (κ2) is 9.19. The fourth-order valence-electron chi connectivity index (χ4n) is 1.81. The number of carbonyl (C=O) groups is 1. The number of rotatable bonds is 9. The lowest BCUT2D eigenvalue weighted by Gasteiger charge is -2.25. The number of methoxy groups -OCH3 is 1. The largest absolute Gasteiger partial charge is 0.388 e. The second-order valence-corrected chi connectivity index (χ2v) is 6.51. The van der Waals surface area contributed by atoms with Crippen LogP contribution in [0.4, 0.5) is 4.79 Å². The van der Waals surface area contributed by atoms with Gasteiger partial charge in [-0.25, -0.2) is 4.79 Å². The van der Waals surface area contributed by atoms with Gasteiger partial charge in [0, 0.05) is 20.2 Å². The van der Waals surface area contributed by atoms with Gasteiger partial charge in [0.25, 0.3) is 0 Å². The van der Waals surface area contributed by atoms with Gasteiger partial charge in [-0.05, 0) is 31.6 Å². The first-order valence-corrected chi connectivity index (χ1v) is 7.45. The van der Waals surface area contributed by atoms with E-state index in [2.05, 4.69) is 24.5 Å². The molecule has 0 saturated heterocycles. The molecular weight excluding hydrogens is 256 g/mol. The van der Waals surface area contributed by atoms with E-state index in [1.165, 1.54) is 0 Å². The summed E-state index contributed by atoms with van der Waals surface area (Å²) in [6, 6.07) is -0.266. The molecule has 3 N–H and O–H groups in total. The van der Waals surface area contributed by atoms with Gasteiger partial charge in [-0.3, -0.25) is 0 Å². The third kappa shape index (κ3) is 9.15. The third-order valence-electron chi connectivity index (χ3n) is 3.40. The molecule has 0 bridgehead atoms. The molecule has 0 saturated carbocycles. The number of urea groups is 1. The summed E-state index contributed by atoms with van der Waals surface area (Å²) in [7, 11) is 1.64. The zero-order valence-electron chi connectivity index (χ0n) is 13.8. The number of amides is 2. The van der Waals surface area contributed by atoms with Crippen LogP contribution >= 0.6 is 0 Å². The normalized spacial score (nSPS) is 16.1. The van der Waals surface area contributed by atoms with E-state index in [-0.39, 0.29) is 18.7 Å². The van der Waals surface area contributed by atoms with Crippen LogP contribution in [0.15, 0.2) is 0 Å². The molecule has 120 valence electrons. The van der Waals surface area contributed by atoms with E-state index in [9.17, 15) is 9.90 Å². The summed E-state index contributed by atoms with van der Waals surface area (Å²) < 4.78 is 5.28. The van der Waals surface area contributed by atoms with Gasteiger partial charge < -0.3 is 20.5 Å². The minimum absolute atomic E-state index is 0.00204. The van der Waals surface area contributed by atoms with Crippen molar-refractivity contribution in [2.75, 3.05) is 20.2 Å². The predicted octanol–water partition coefficient (Wildman–Crippen LogP) is 2.14. The van der Waals surface area contributed by atoms with Crippen LogP contribution in [0.1, 0.15) is 47.5 Å². The molecule has 0 aromatic rings. The van der Waals surface area contributed by atoms with Crippen LogP contribution in [0.25, 0.3) is 0 Å². The van der Waals surface area contributed by atoms with Crippen molar-refractivity contribution in [1.29, 1.82) is 0 Å². The Labute approximate surface area is 123 Å². The third-order valence-corrected chi connectivity index (χ3v) is 3.40. The molecule has 0 spiro atoms. The maximum atomic E-state index is 11.7. The first-order valence-electron chi connectivity index (χ1n) is 7.45. The van der Waals surface area contributed by atoms with Gasteiger partial charge in [0.2, 0.25) is 0 Å². The van der Waals surface area contributed by atoms with Crippen LogP contribution in [-0.2, 0) is 4.74 Å². The highest BCUT2D eigenvalue weighted by atomic mass is 16.5. The summed E-state index contributed by atoms with van der Waals surface area (Å²) in [6.45, 7) is 10.8. The molecule has 20 heavy (non-hydrogen) atoms. The van der Waals surface area contributed by atoms with Gasteiger partial charge in [0.15, 0.2) is 0 Å². The van der Waals surface area contributed by atoms with Crippen LogP contribution in [0.3, 0.4) is 0 Å². The first-order chi connectivity index (χ1) is 9.18. The second-order valence-electron chi connectivity index (χ2n) is 6.51. The Balaban J connectivity index is 3.97. The fourth-order valence-corrected chi connectivity index (χ4v) is 1.81. The van der Waals surface area contributed by atoms with E-state index < -0.39 is 5.60 Å². The Morgan fingerprint density at radius 3 is 2.30 bits per heavy atom. The monoisotopic (exact) mass is 288 g/mol. The molecule has 0 aromatic carbocycles. The maximum absolute atomic E-state index is 11.7. The van der Waals surface area contributed by atoms with E-state index in [1.54, 1.807) is 14.0 Å². The summed E-state index contributed by atoms with van der Waals surface area (Å²) >= 11 is 0. The lowest BCUT2D eigenvalue weighted by molar-refractivity contribution is 0.0467. The summed E-state index contributed by atoms with van der Waals surface area (Å²) in [5.41, 5.74) is -0.861. The van der Waals surface area contributed by atoms with E-state index in [1.807, 2.05) is 13.8 Å². The Hall–Kier alpha value is -0.810. The van der Waals surface area contributed by atoms with Crippen LogP contribution < -0.4 is 10.6 Å². The average Bonchev–Trinajstić information content (AvgIpc) is 2.34. The number of aliphatic hydroxyl groups is 1. The topological polar surface area (TPSA) is 70.6 Å². The molecule has 5 nitrogen and oxygen atoms in total. The standard InChI is InChI=1S/C15H32N2O3/c1-11(2)7-8-15(5,19)10-17-14(18)16-9-13(20-6)12(3)4/h11-13,19H,7-10H2,1-6H3,(H2,16,17,18). The molecule has 2 unspecified atom stereocenters. The minimum atomic E-state index is -0.861. The Morgan fingerprint density at radius 1 is 1.25 bits per heavy atom. The zero-order chi connectivity index (χ0) is 15.8. The van der Waals surface area contributed by atoms with Crippen molar-refractivity contribution < 1.29 is 14.6 Å². The number of nitrogens with one attached hydrogen (secondary N) is 2. The first kappa shape index (κ1) is 19.2. The van der Waals surface area contributed by atoms with Gasteiger partial charge in [-0.15, -0.1) is 0 Å². The quantitative estimate of drug-likeness (QED) is 0.609. The van der Waals surface area contributed by atoms with Crippen molar-refractivity contribution in [2.45, 2.75) is 59.2 Å². The number of hydrogen-bond acceptors (Lipinski definition) is 3. The van der Waals surface area contributed by atoms with E-state index >= 15 is 0 Å². The van der Waals surface area contributed by atoms with Crippen LogP contribution in [-0.4, -0.2) is 43.0 Å². The lowest BCUT2D eigenvalue weighted by atomic mass is 9.95. The van der Waals surface area contributed by atoms with Crippen molar-refractivity contribution >= 4 is 6.03 Å². The highest BCUT2D eigenvalue weighted by Gasteiger charge is 2.21. The zero-order valence-corrected chi connectivity index (χ0v) is 13.8. The number of carbonyl (C=O) groups excluding carboxylic acids is 1. The summed E-state index contributed by atoms with van der Waals surface area (Å²) in [4.78, 5) is 11.7. The maximum Gasteiger partial charge on any atom is 0.314 e. The molecule has 0 radical (unpaired) electrons. The Kier molecular flexibility index (Phi) is 8.81. The van der Waals surface area contributed by atoms with Crippen LogP contribution in [0.2, 0.25) is 0 Å². The van der Waals surface area contributed by atoms with Crippen molar-refractivity contribution in [1.82, 2.24) is 10.6 Å². The molecule has 2 amide bonds. The molecule has 0 aliphatic carbocycles. The Bertz CT molecular complexity index is 278. The summed E-state index contributed by atoms with van der Waals surface area (Å²) in [5, 5.41) is 15.6. The molecule has 0 fully saturated rings. The summed E-state index contributed by atoms with van der Waals surface area (Å²) in [5.74, 6) is 0.887. The molecular formula is C15H32N2O3. The van der Waals surface area contributed by atoms with E-state index in [0.29, 0.717) is 24.8 Å². The smallest absolute Gasteiger partial charge is 0.314 e. The van der Waals surface area contributed by atoms with E-state index in [0.717, 1.165) is 6.42 Å². The van der Waals surface area contributed by atoms with Gasteiger partial charge in [-0.1, -0.05) is 27.7 Å². The molecule has 0 aliphatic rings. The molecule has 0 aromatic heterocycles. The van der Waals surface area contributed by atoms with E-state index in [4.69, 9.17) is 4.74 Å². The van der Waals surface area contributed by atoms with Crippen molar-refractivity contribution in [3.8, 4) is 0 Å². The molecule has 0 heterocycles. The molecule has 5 heteroatoms. The molecule has 0 rings (SSSR count). The van der Waals surface area contributed by atoms with Gasteiger partial charge in [0.1, 0.15) is 0 Å². The number of ether oxygens (including phenoxy) is 1. The Morgan fingerprint density at radius 2 is 1.85 bits per heavy atom.